The Balaban J connectivity index is 1.73. The average molecular weight is 461 g/mol. The normalized spacial score (nSPS) is 11.0. The van der Waals surface area contributed by atoms with E-state index in [4.69, 9.17) is 4.74 Å². The van der Waals surface area contributed by atoms with E-state index in [0.29, 0.717) is 43.9 Å². The number of hydrogen-bond acceptors (Lipinski definition) is 3. The lowest BCUT2D eigenvalue weighted by atomic mass is 9.84. The lowest BCUT2D eigenvalue weighted by molar-refractivity contribution is -0.121. The van der Waals surface area contributed by atoms with Crippen LogP contribution in [-0.2, 0) is 10.2 Å². The van der Waals surface area contributed by atoms with Crippen LogP contribution < -0.4 is 15.4 Å². The zero-order chi connectivity index (χ0) is 21.3. The van der Waals surface area contributed by atoms with E-state index in [9.17, 15) is 9.59 Å². The van der Waals surface area contributed by atoms with Gasteiger partial charge >= 0.3 is 0 Å². The Bertz CT molecular complexity index is 819. The minimum absolute atomic E-state index is 0.0147. The molecule has 0 aliphatic rings. The van der Waals surface area contributed by atoms with Gasteiger partial charge in [-0.1, -0.05) is 54.0 Å². The standard InChI is InChI=1S/C23H29BrN2O3/c1-4-29-20-9-6-5-8-19(20)22(28)25-15-7-10-21(27)26-16-23(2,3)17-11-13-18(24)14-12-17/h5-6,8-9,11-14H,4,7,10,15-16H2,1-3H3,(H,25,28)(H,26,27). The van der Waals surface area contributed by atoms with Gasteiger partial charge in [0.15, 0.2) is 0 Å². The number of rotatable bonds is 10. The average Bonchev–Trinajstić information content (AvgIpc) is 2.70. The number of nitrogens with one attached hydrogen (secondary N) is 2. The molecule has 2 aromatic carbocycles. The summed E-state index contributed by atoms with van der Waals surface area (Å²) < 4.78 is 6.52. The first-order valence-corrected chi connectivity index (χ1v) is 10.7. The number of ether oxygens (including phenoxy) is 1. The molecule has 0 spiro atoms. The molecule has 2 rings (SSSR count). The van der Waals surface area contributed by atoms with Gasteiger partial charge in [0.2, 0.25) is 5.91 Å². The van der Waals surface area contributed by atoms with E-state index in [-0.39, 0.29) is 17.2 Å². The molecular formula is C23H29BrN2O3. The number of benzene rings is 2. The molecule has 0 heterocycles. The van der Waals surface area contributed by atoms with Gasteiger partial charge in [-0.05, 0) is 43.2 Å². The molecule has 0 radical (unpaired) electrons. The third-order valence-electron chi connectivity index (χ3n) is 4.65. The smallest absolute Gasteiger partial charge is 0.255 e. The van der Waals surface area contributed by atoms with Gasteiger partial charge in [-0.3, -0.25) is 9.59 Å². The quantitative estimate of drug-likeness (QED) is 0.514. The molecule has 2 amide bonds. The molecule has 0 aromatic heterocycles. The van der Waals surface area contributed by atoms with Gasteiger partial charge in [-0.15, -0.1) is 0 Å². The Morgan fingerprint density at radius 2 is 1.72 bits per heavy atom. The van der Waals surface area contributed by atoms with Gasteiger partial charge < -0.3 is 15.4 Å². The van der Waals surface area contributed by atoms with Crippen LogP contribution in [0.5, 0.6) is 5.75 Å². The molecule has 0 saturated heterocycles. The third kappa shape index (κ3) is 7.20. The monoisotopic (exact) mass is 460 g/mol. The van der Waals surface area contributed by atoms with Crippen LogP contribution in [0.2, 0.25) is 0 Å². The highest BCUT2D eigenvalue weighted by Crippen LogP contribution is 2.24. The molecule has 0 saturated carbocycles. The highest BCUT2D eigenvalue weighted by Gasteiger charge is 2.21. The number of hydrogen-bond donors (Lipinski definition) is 2. The summed E-state index contributed by atoms with van der Waals surface area (Å²) in [4.78, 5) is 24.5. The summed E-state index contributed by atoms with van der Waals surface area (Å²) in [5.74, 6) is 0.366. The summed E-state index contributed by atoms with van der Waals surface area (Å²) >= 11 is 3.44. The summed E-state index contributed by atoms with van der Waals surface area (Å²) in [6.45, 7) is 7.58. The first kappa shape index (κ1) is 22.9. The molecule has 5 nitrogen and oxygen atoms in total. The summed E-state index contributed by atoms with van der Waals surface area (Å²) in [6.07, 6.45) is 0.941. The van der Waals surface area contributed by atoms with Gasteiger partial charge in [0.25, 0.3) is 5.91 Å². The molecule has 2 aromatic rings. The maximum absolute atomic E-state index is 12.3. The fourth-order valence-corrected chi connectivity index (χ4v) is 3.16. The molecule has 0 unspecified atom stereocenters. The predicted octanol–water partition coefficient (Wildman–Crippen LogP) is 4.45. The van der Waals surface area contributed by atoms with E-state index in [1.54, 1.807) is 18.2 Å². The SMILES string of the molecule is CCOc1ccccc1C(=O)NCCCC(=O)NCC(C)(C)c1ccc(Br)cc1. The van der Waals surface area contributed by atoms with Crippen molar-refractivity contribution in [3.63, 3.8) is 0 Å². The second-order valence-electron chi connectivity index (χ2n) is 7.46. The fourth-order valence-electron chi connectivity index (χ4n) is 2.89. The lowest BCUT2D eigenvalue weighted by Crippen LogP contribution is -2.37. The summed E-state index contributed by atoms with van der Waals surface area (Å²) in [5, 5.41) is 5.85. The van der Waals surface area contributed by atoms with Crippen molar-refractivity contribution in [2.24, 2.45) is 0 Å². The summed E-state index contributed by atoms with van der Waals surface area (Å²) in [7, 11) is 0. The predicted molar refractivity (Wildman–Crippen MR) is 119 cm³/mol. The van der Waals surface area contributed by atoms with Crippen molar-refractivity contribution < 1.29 is 14.3 Å². The molecule has 0 atom stereocenters. The van der Waals surface area contributed by atoms with Crippen LogP contribution in [-0.4, -0.2) is 31.5 Å². The lowest BCUT2D eigenvalue weighted by Gasteiger charge is -2.25. The molecule has 29 heavy (non-hydrogen) atoms. The molecule has 156 valence electrons. The molecule has 0 fully saturated rings. The number of halogens is 1. The molecular weight excluding hydrogens is 432 g/mol. The number of amides is 2. The van der Waals surface area contributed by atoms with E-state index in [1.165, 1.54) is 5.56 Å². The molecule has 0 bridgehead atoms. The molecule has 6 heteroatoms. The first-order chi connectivity index (χ1) is 13.8. The number of carbonyl (C=O) groups is 2. The van der Waals surface area contributed by atoms with E-state index in [1.807, 2.05) is 25.1 Å². The Morgan fingerprint density at radius 1 is 1.03 bits per heavy atom. The van der Waals surface area contributed by atoms with Crippen LogP contribution in [0.1, 0.15) is 49.5 Å². The second kappa shape index (κ2) is 11.0. The highest BCUT2D eigenvalue weighted by atomic mass is 79.9. The van der Waals surface area contributed by atoms with Crippen molar-refractivity contribution >= 4 is 27.7 Å². The van der Waals surface area contributed by atoms with Crippen molar-refractivity contribution in [3.8, 4) is 5.75 Å². The van der Waals surface area contributed by atoms with Crippen LogP contribution in [0.25, 0.3) is 0 Å². The number of carbonyl (C=O) groups excluding carboxylic acids is 2. The Hall–Kier alpha value is -2.34. The van der Waals surface area contributed by atoms with Crippen LogP contribution in [0, 0.1) is 0 Å². The molecule has 0 aliphatic carbocycles. The zero-order valence-electron chi connectivity index (χ0n) is 17.3. The van der Waals surface area contributed by atoms with Crippen molar-refractivity contribution in [3.05, 3.63) is 64.1 Å². The van der Waals surface area contributed by atoms with Crippen LogP contribution in [0.3, 0.4) is 0 Å². The Morgan fingerprint density at radius 3 is 2.41 bits per heavy atom. The van der Waals surface area contributed by atoms with Gasteiger partial charge in [0.1, 0.15) is 5.75 Å². The summed E-state index contributed by atoms with van der Waals surface area (Å²) in [5.41, 5.74) is 1.52. The Labute approximate surface area is 181 Å². The fraction of sp³-hybridized carbons (Fsp3) is 0.391. The zero-order valence-corrected chi connectivity index (χ0v) is 18.8. The van der Waals surface area contributed by atoms with Gasteiger partial charge in [-0.2, -0.15) is 0 Å². The first-order valence-electron chi connectivity index (χ1n) is 9.86. The minimum Gasteiger partial charge on any atom is -0.493 e. The Kier molecular flexibility index (Phi) is 8.70. The molecule has 2 N–H and O–H groups in total. The highest BCUT2D eigenvalue weighted by molar-refractivity contribution is 9.10. The van der Waals surface area contributed by atoms with Crippen LogP contribution >= 0.6 is 15.9 Å². The van der Waals surface area contributed by atoms with Crippen LogP contribution in [0.4, 0.5) is 0 Å². The third-order valence-corrected chi connectivity index (χ3v) is 5.18. The van der Waals surface area contributed by atoms with E-state index in [0.717, 1.165) is 4.47 Å². The van der Waals surface area contributed by atoms with E-state index >= 15 is 0 Å². The van der Waals surface area contributed by atoms with Gasteiger partial charge in [0.05, 0.1) is 12.2 Å². The second-order valence-corrected chi connectivity index (χ2v) is 8.37. The maximum atomic E-state index is 12.3. The van der Waals surface area contributed by atoms with Gasteiger partial charge in [0, 0.05) is 29.4 Å². The van der Waals surface area contributed by atoms with E-state index < -0.39 is 0 Å². The van der Waals surface area contributed by atoms with Crippen molar-refractivity contribution in [1.82, 2.24) is 10.6 Å². The van der Waals surface area contributed by atoms with Crippen molar-refractivity contribution in [2.45, 2.75) is 39.0 Å². The topological polar surface area (TPSA) is 67.4 Å². The van der Waals surface area contributed by atoms with Crippen molar-refractivity contribution in [2.75, 3.05) is 19.7 Å². The largest absolute Gasteiger partial charge is 0.493 e. The van der Waals surface area contributed by atoms with E-state index in [2.05, 4.69) is 52.5 Å². The minimum atomic E-state index is -0.189. The number of para-hydroxylation sites is 1. The molecule has 0 aliphatic heterocycles. The van der Waals surface area contributed by atoms with Gasteiger partial charge in [-0.25, -0.2) is 0 Å². The van der Waals surface area contributed by atoms with Crippen molar-refractivity contribution in [1.29, 1.82) is 0 Å². The summed E-state index contributed by atoms with van der Waals surface area (Å²) in [6, 6.07) is 15.3. The van der Waals surface area contributed by atoms with Crippen LogP contribution in [0.15, 0.2) is 53.0 Å². The maximum Gasteiger partial charge on any atom is 0.255 e.